The highest BCUT2D eigenvalue weighted by Gasteiger charge is 2.26. The number of likely N-dealkylation sites (tertiary alicyclic amines) is 1. The topological polar surface area (TPSA) is 101 Å². The van der Waals surface area contributed by atoms with Crippen molar-refractivity contribution in [2.24, 2.45) is 0 Å². The third-order valence-corrected chi connectivity index (χ3v) is 5.19. The SMILES string of the molecule is CC(=O)c1cccc(NC(=O)CN2CCC(c3nc(-c4ccccn4)no3)CC2)c1. The Labute approximate surface area is 174 Å². The number of pyridine rings is 1. The van der Waals surface area contributed by atoms with Crippen LogP contribution in [0.25, 0.3) is 11.5 Å². The predicted octanol–water partition coefficient (Wildman–Crippen LogP) is 3.15. The average Bonchev–Trinajstić information content (AvgIpc) is 3.25. The first-order chi connectivity index (χ1) is 14.6. The second kappa shape index (κ2) is 8.96. The Morgan fingerprint density at radius 3 is 2.73 bits per heavy atom. The maximum atomic E-state index is 12.4. The van der Waals surface area contributed by atoms with Gasteiger partial charge < -0.3 is 9.84 Å². The summed E-state index contributed by atoms with van der Waals surface area (Å²) in [7, 11) is 0. The van der Waals surface area contributed by atoms with Gasteiger partial charge in [0.2, 0.25) is 17.6 Å². The molecule has 2 aromatic heterocycles. The Morgan fingerprint density at radius 2 is 2.00 bits per heavy atom. The number of hydrogen-bond acceptors (Lipinski definition) is 7. The van der Waals surface area contributed by atoms with E-state index in [1.807, 2.05) is 18.2 Å². The van der Waals surface area contributed by atoms with E-state index < -0.39 is 0 Å². The minimum absolute atomic E-state index is 0.0274. The quantitative estimate of drug-likeness (QED) is 0.629. The van der Waals surface area contributed by atoms with Crippen LogP contribution >= 0.6 is 0 Å². The van der Waals surface area contributed by atoms with Crippen molar-refractivity contribution in [2.45, 2.75) is 25.7 Å². The summed E-state index contributed by atoms with van der Waals surface area (Å²) in [6, 6.07) is 12.6. The van der Waals surface area contributed by atoms with E-state index in [-0.39, 0.29) is 17.6 Å². The van der Waals surface area contributed by atoms with E-state index in [9.17, 15) is 9.59 Å². The number of Topliss-reactive ketones (excluding diaryl/α,β-unsaturated/α-hetero) is 1. The Morgan fingerprint density at radius 1 is 1.17 bits per heavy atom. The lowest BCUT2D eigenvalue weighted by atomic mass is 9.97. The summed E-state index contributed by atoms with van der Waals surface area (Å²) in [6.07, 6.45) is 3.39. The molecule has 1 aromatic carbocycles. The normalized spacial score (nSPS) is 15.1. The maximum absolute atomic E-state index is 12.4. The van der Waals surface area contributed by atoms with Crippen molar-refractivity contribution in [1.82, 2.24) is 20.0 Å². The van der Waals surface area contributed by atoms with E-state index in [2.05, 4.69) is 25.3 Å². The molecule has 3 heterocycles. The van der Waals surface area contributed by atoms with Crippen LogP contribution < -0.4 is 5.32 Å². The summed E-state index contributed by atoms with van der Waals surface area (Å²) in [4.78, 5) is 34.7. The molecule has 0 radical (unpaired) electrons. The van der Waals surface area contributed by atoms with Gasteiger partial charge in [0.1, 0.15) is 5.69 Å². The molecule has 0 saturated carbocycles. The van der Waals surface area contributed by atoms with Gasteiger partial charge in [-0.3, -0.25) is 19.5 Å². The third-order valence-electron chi connectivity index (χ3n) is 5.19. The summed E-state index contributed by atoms with van der Waals surface area (Å²) in [5, 5.41) is 6.91. The molecular weight excluding hydrogens is 382 g/mol. The first-order valence-electron chi connectivity index (χ1n) is 9.97. The standard InChI is InChI=1S/C22H23N5O3/c1-15(28)17-5-4-6-18(13-17)24-20(29)14-27-11-8-16(9-12-27)22-25-21(26-30-22)19-7-2-3-10-23-19/h2-7,10,13,16H,8-9,11-12,14H2,1H3,(H,24,29). The number of hydrogen-bond donors (Lipinski definition) is 1. The molecule has 1 N–H and O–H groups in total. The van der Waals surface area contributed by atoms with Crippen LogP contribution in [0.1, 0.15) is 41.9 Å². The van der Waals surface area contributed by atoms with Gasteiger partial charge in [-0.05, 0) is 57.1 Å². The van der Waals surface area contributed by atoms with Gasteiger partial charge in [0.05, 0.1) is 6.54 Å². The minimum Gasteiger partial charge on any atom is -0.339 e. The molecule has 1 saturated heterocycles. The highest BCUT2D eigenvalue weighted by molar-refractivity contribution is 5.97. The van der Waals surface area contributed by atoms with Crippen LogP contribution in [0.5, 0.6) is 0 Å². The molecule has 0 bridgehead atoms. The summed E-state index contributed by atoms with van der Waals surface area (Å²) < 4.78 is 5.46. The van der Waals surface area contributed by atoms with E-state index in [1.54, 1.807) is 30.5 Å². The Balaban J connectivity index is 1.29. The van der Waals surface area contributed by atoms with Crippen molar-refractivity contribution in [3.05, 3.63) is 60.1 Å². The number of carbonyl (C=O) groups excluding carboxylic acids is 2. The minimum atomic E-state index is -0.0932. The number of ketones is 1. The summed E-state index contributed by atoms with van der Waals surface area (Å²) in [5.74, 6) is 1.19. The predicted molar refractivity (Wildman–Crippen MR) is 111 cm³/mol. The lowest BCUT2D eigenvalue weighted by Gasteiger charge is -2.29. The first-order valence-corrected chi connectivity index (χ1v) is 9.97. The molecular formula is C22H23N5O3. The molecule has 0 atom stereocenters. The molecule has 8 nitrogen and oxygen atoms in total. The number of benzene rings is 1. The second-order valence-electron chi connectivity index (χ2n) is 7.41. The van der Waals surface area contributed by atoms with Crippen molar-refractivity contribution < 1.29 is 14.1 Å². The summed E-state index contributed by atoms with van der Waals surface area (Å²) >= 11 is 0. The molecule has 0 spiro atoms. The Hall–Kier alpha value is -3.39. The van der Waals surface area contributed by atoms with Crippen molar-refractivity contribution >= 4 is 17.4 Å². The maximum Gasteiger partial charge on any atom is 0.238 e. The highest BCUT2D eigenvalue weighted by Crippen LogP contribution is 2.28. The fourth-order valence-electron chi connectivity index (χ4n) is 3.56. The van der Waals surface area contributed by atoms with Gasteiger partial charge in [0.25, 0.3) is 0 Å². The van der Waals surface area contributed by atoms with Crippen molar-refractivity contribution in [2.75, 3.05) is 25.0 Å². The van der Waals surface area contributed by atoms with Crippen molar-refractivity contribution in [3.63, 3.8) is 0 Å². The number of nitrogens with one attached hydrogen (secondary N) is 1. The number of aromatic nitrogens is 3. The van der Waals surface area contributed by atoms with Gasteiger partial charge in [0, 0.05) is 23.4 Å². The molecule has 1 aliphatic heterocycles. The lowest BCUT2D eigenvalue weighted by Crippen LogP contribution is -2.38. The van der Waals surface area contributed by atoms with E-state index in [1.165, 1.54) is 6.92 Å². The number of piperidine rings is 1. The zero-order valence-corrected chi connectivity index (χ0v) is 16.7. The van der Waals surface area contributed by atoms with E-state index in [4.69, 9.17) is 4.52 Å². The number of carbonyl (C=O) groups is 2. The largest absolute Gasteiger partial charge is 0.339 e. The van der Waals surface area contributed by atoms with E-state index in [0.29, 0.717) is 35.2 Å². The molecule has 1 fully saturated rings. The van der Waals surface area contributed by atoms with Crippen LogP contribution in [0.4, 0.5) is 5.69 Å². The molecule has 1 amide bonds. The number of anilines is 1. The molecule has 8 heteroatoms. The molecule has 0 aliphatic carbocycles. The fraction of sp³-hybridized carbons (Fsp3) is 0.318. The number of rotatable bonds is 6. The summed E-state index contributed by atoms with van der Waals surface area (Å²) in [5.41, 5.74) is 1.91. The first kappa shape index (κ1) is 19.9. The van der Waals surface area contributed by atoms with E-state index in [0.717, 1.165) is 25.9 Å². The van der Waals surface area contributed by atoms with Crippen molar-refractivity contribution in [1.29, 1.82) is 0 Å². The van der Waals surface area contributed by atoms with Gasteiger partial charge in [-0.25, -0.2) is 0 Å². The van der Waals surface area contributed by atoms with Crippen LogP contribution in [0.15, 0.2) is 53.2 Å². The third kappa shape index (κ3) is 4.77. The van der Waals surface area contributed by atoms with Crippen LogP contribution in [0, 0.1) is 0 Å². The van der Waals surface area contributed by atoms with Gasteiger partial charge in [0.15, 0.2) is 5.78 Å². The monoisotopic (exact) mass is 405 g/mol. The van der Waals surface area contributed by atoms with Crippen LogP contribution in [0.3, 0.4) is 0 Å². The molecule has 0 unspecified atom stereocenters. The molecule has 4 rings (SSSR count). The molecule has 154 valence electrons. The van der Waals surface area contributed by atoms with Gasteiger partial charge in [-0.2, -0.15) is 4.98 Å². The van der Waals surface area contributed by atoms with Gasteiger partial charge in [-0.1, -0.05) is 23.4 Å². The number of nitrogens with zero attached hydrogens (tertiary/aromatic N) is 4. The smallest absolute Gasteiger partial charge is 0.238 e. The fourth-order valence-corrected chi connectivity index (χ4v) is 3.56. The summed E-state index contributed by atoms with van der Waals surface area (Å²) in [6.45, 7) is 3.35. The molecule has 3 aromatic rings. The van der Waals surface area contributed by atoms with Crippen LogP contribution in [-0.2, 0) is 4.79 Å². The second-order valence-corrected chi connectivity index (χ2v) is 7.41. The van der Waals surface area contributed by atoms with Gasteiger partial charge in [-0.15, -0.1) is 0 Å². The zero-order chi connectivity index (χ0) is 20.9. The molecule has 1 aliphatic rings. The number of amides is 1. The zero-order valence-electron chi connectivity index (χ0n) is 16.7. The van der Waals surface area contributed by atoms with Gasteiger partial charge >= 0.3 is 0 Å². The molecule has 30 heavy (non-hydrogen) atoms. The Kier molecular flexibility index (Phi) is 5.94. The van der Waals surface area contributed by atoms with Crippen LogP contribution in [0.2, 0.25) is 0 Å². The van der Waals surface area contributed by atoms with Crippen molar-refractivity contribution in [3.8, 4) is 11.5 Å². The highest BCUT2D eigenvalue weighted by atomic mass is 16.5. The van der Waals surface area contributed by atoms with Crippen LogP contribution in [-0.4, -0.2) is 51.3 Å². The van der Waals surface area contributed by atoms with E-state index >= 15 is 0 Å². The average molecular weight is 405 g/mol. The lowest BCUT2D eigenvalue weighted by molar-refractivity contribution is -0.117. The Bertz CT molecular complexity index is 1030.